The van der Waals surface area contributed by atoms with E-state index in [1.54, 1.807) is 12.5 Å². The van der Waals surface area contributed by atoms with E-state index in [4.69, 9.17) is 5.73 Å². The Balaban J connectivity index is 2.90. The quantitative estimate of drug-likeness (QED) is 0.793. The molecule has 0 bridgehead atoms. The average molecular weight is 280 g/mol. The van der Waals surface area contributed by atoms with Crippen LogP contribution < -0.4 is 5.73 Å². The number of hydrogen-bond acceptors (Lipinski definition) is 3. The van der Waals surface area contributed by atoms with Crippen LogP contribution in [0.1, 0.15) is 51.0 Å². The molecular formula is C15H28N4O. The van der Waals surface area contributed by atoms with Gasteiger partial charge in [0.2, 0.25) is 0 Å². The minimum atomic E-state index is 0.0307. The number of nitrogens with zero attached hydrogens (tertiary/aromatic N) is 3. The molecule has 0 unspecified atom stereocenters. The number of carbonyl (C=O) groups is 1. The molecule has 2 N–H and O–H groups in total. The Morgan fingerprint density at radius 2 is 2.05 bits per heavy atom. The summed E-state index contributed by atoms with van der Waals surface area (Å²) in [5.41, 5.74) is 6.04. The van der Waals surface area contributed by atoms with E-state index in [0.29, 0.717) is 24.7 Å². The molecule has 1 rings (SSSR count). The largest absolute Gasteiger partial charge is 0.335 e. The first-order chi connectivity index (χ1) is 9.53. The van der Waals surface area contributed by atoms with Crippen LogP contribution in [-0.4, -0.2) is 39.5 Å². The van der Waals surface area contributed by atoms with Crippen molar-refractivity contribution in [1.82, 2.24) is 14.5 Å². The maximum atomic E-state index is 12.7. The third-order valence-corrected chi connectivity index (χ3v) is 3.45. The highest BCUT2D eigenvalue weighted by Gasteiger charge is 2.24. The topological polar surface area (TPSA) is 64.2 Å². The number of nitrogens with two attached hydrogens (primary N) is 1. The van der Waals surface area contributed by atoms with E-state index >= 15 is 0 Å². The predicted molar refractivity (Wildman–Crippen MR) is 81.5 cm³/mol. The highest BCUT2D eigenvalue weighted by Crippen LogP contribution is 2.15. The van der Waals surface area contributed by atoms with Crippen molar-refractivity contribution in [3.63, 3.8) is 0 Å². The molecular weight excluding hydrogens is 252 g/mol. The van der Waals surface area contributed by atoms with E-state index in [2.05, 4.69) is 32.7 Å². The molecule has 114 valence electrons. The van der Waals surface area contributed by atoms with Gasteiger partial charge in [-0.25, -0.2) is 4.98 Å². The lowest BCUT2D eigenvalue weighted by Gasteiger charge is -2.31. The second-order valence-corrected chi connectivity index (χ2v) is 5.61. The van der Waals surface area contributed by atoms with Crippen LogP contribution in [0.2, 0.25) is 0 Å². The lowest BCUT2D eigenvalue weighted by atomic mass is 10.1. The zero-order chi connectivity index (χ0) is 15.1. The molecule has 5 nitrogen and oxygen atoms in total. The van der Waals surface area contributed by atoms with Crippen molar-refractivity contribution in [2.75, 3.05) is 13.1 Å². The van der Waals surface area contributed by atoms with Crippen LogP contribution in [0.3, 0.4) is 0 Å². The lowest BCUT2D eigenvalue weighted by Crippen LogP contribution is -2.42. The van der Waals surface area contributed by atoms with Gasteiger partial charge in [-0.15, -0.1) is 0 Å². The molecule has 0 saturated carbocycles. The predicted octanol–water partition coefficient (Wildman–Crippen LogP) is 2.13. The summed E-state index contributed by atoms with van der Waals surface area (Å²) in [4.78, 5) is 18.9. The summed E-state index contributed by atoms with van der Waals surface area (Å²) in [7, 11) is 0. The van der Waals surface area contributed by atoms with Gasteiger partial charge >= 0.3 is 0 Å². The summed E-state index contributed by atoms with van der Waals surface area (Å²) >= 11 is 0. The molecule has 0 saturated heterocycles. The van der Waals surface area contributed by atoms with Crippen molar-refractivity contribution in [1.29, 1.82) is 0 Å². The SMILES string of the molecule is CCC(CC)N(CC(C)C)C(=O)c1cn(CCN)cn1. The van der Waals surface area contributed by atoms with Crippen molar-refractivity contribution in [3.05, 3.63) is 18.2 Å². The second kappa shape index (κ2) is 8.04. The maximum absolute atomic E-state index is 12.7. The molecule has 1 amide bonds. The van der Waals surface area contributed by atoms with Gasteiger partial charge in [0.15, 0.2) is 0 Å². The van der Waals surface area contributed by atoms with E-state index in [0.717, 1.165) is 19.4 Å². The van der Waals surface area contributed by atoms with E-state index in [-0.39, 0.29) is 11.9 Å². The Labute approximate surface area is 122 Å². The number of amides is 1. The van der Waals surface area contributed by atoms with Crippen LogP contribution in [0, 0.1) is 5.92 Å². The molecule has 0 atom stereocenters. The molecule has 0 aliphatic carbocycles. The summed E-state index contributed by atoms with van der Waals surface area (Å²) in [6.45, 7) is 10.5. The normalized spacial score (nSPS) is 11.3. The smallest absolute Gasteiger partial charge is 0.274 e. The van der Waals surface area contributed by atoms with E-state index in [9.17, 15) is 4.79 Å². The molecule has 1 heterocycles. The minimum absolute atomic E-state index is 0.0307. The van der Waals surface area contributed by atoms with Crippen LogP contribution >= 0.6 is 0 Å². The van der Waals surface area contributed by atoms with Gasteiger partial charge in [0.25, 0.3) is 5.91 Å². The third-order valence-electron chi connectivity index (χ3n) is 3.45. The number of hydrogen-bond donors (Lipinski definition) is 1. The molecule has 0 aliphatic rings. The van der Waals surface area contributed by atoms with E-state index < -0.39 is 0 Å². The molecule has 0 aliphatic heterocycles. The first kappa shape index (κ1) is 16.7. The Bertz CT molecular complexity index is 410. The molecule has 0 radical (unpaired) electrons. The van der Waals surface area contributed by atoms with Gasteiger partial charge in [0.05, 0.1) is 6.33 Å². The molecule has 0 aromatic carbocycles. The van der Waals surface area contributed by atoms with Gasteiger partial charge in [0, 0.05) is 31.9 Å². The van der Waals surface area contributed by atoms with Gasteiger partial charge in [-0.2, -0.15) is 0 Å². The van der Waals surface area contributed by atoms with E-state index in [1.165, 1.54) is 0 Å². The number of imidazole rings is 1. The van der Waals surface area contributed by atoms with Crippen LogP contribution in [0.25, 0.3) is 0 Å². The van der Waals surface area contributed by atoms with Crippen LogP contribution in [0.4, 0.5) is 0 Å². The zero-order valence-electron chi connectivity index (χ0n) is 13.2. The number of rotatable bonds is 8. The molecule has 20 heavy (non-hydrogen) atoms. The number of aromatic nitrogens is 2. The summed E-state index contributed by atoms with van der Waals surface area (Å²) in [5.74, 6) is 0.480. The van der Waals surface area contributed by atoms with Crippen molar-refractivity contribution in [3.8, 4) is 0 Å². The van der Waals surface area contributed by atoms with Crippen LogP contribution in [-0.2, 0) is 6.54 Å². The van der Waals surface area contributed by atoms with Gasteiger partial charge < -0.3 is 15.2 Å². The molecule has 1 aromatic rings. The van der Waals surface area contributed by atoms with Crippen molar-refractivity contribution < 1.29 is 4.79 Å². The zero-order valence-corrected chi connectivity index (χ0v) is 13.2. The van der Waals surface area contributed by atoms with E-state index in [1.807, 2.05) is 9.47 Å². The monoisotopic (exact) mass is 280 g/mol. The Kier molecular flexibility index (Phi) is 6.71. The fourth-order valence-electron chi connectivity index (χ4n) is 2.41. The highest BCUT2D eigenvalue weighted by atomic mass is 16.2. The van der Waals surface area contributed by atoms with Gasteiger partial charge in [-0.3, -0.25) is 4.79 Å². The van der Waals surface area contributed by atoms with Crippen molar-refractivity contribution >= 4 is 5.91 Å². The summed E-state index contributed by atoms with van der Waals surface area (Å²) < 4.78 is 1.87. The molecule has 0 spiro atoms. The Morgan fingerprint density at radius 3 is 2.55 bits per heavy atom. The fraction of sp³-hybridized carbons (Fsp3) is 0.733. The lowest BCUT2D eigenvalue weighted by molar-refractivity contribution is 0.0634. The van der Waals surface area contributed by atoms with Crippen molar-refractivity contribution in [2.24, 2.45) is 11.7 Å². The maximum Gasteiger partial charge on any atom is 0.274 e. The second-order valence-electron chi connectivity index (χ2n) is 5.61. The summed E-state index contributed by atoms with van der Waals surface area (Å²) in [5, 5.41) is 0. The Hall–Kier alpha value is -1.36. The molecule has 1 aromatic heterocycles. The molecule has 5 heteroatoms. The first-order valence-electron chi connectivity index (χ1n) is 7.56. The fourth-order valence-corrected chi connectivity index (χ4v) is 2.41. The highest BCUT2D eigenvalue weighted by molar-refractivity contribution is 5.92. The Morgan fingerprint density at radius 1 is 1.40 bits per heavy atom. The summed E-state index contributed by atoms with van der Waals surface area (Å²) in [6, 6.07) is 0.282. The molecule has 0 fully saturated rings. The van der Waals surface area contributed by atoms with Crippen molar-refractivity contribution in [2.45, 2.75) is 53.1 Å². The van der Waals surface area contributed by atoms with Crippen LogP contribution in [0.5, 0.6) is 0 Å². The first-order valence-corrected chi connectivity index (χ1v) is 7.56. The number of carbonyl (C=O) groups excluding carboxylic acids is 1. The average Bonchev–Trinajstić information content (AvgIpc) is 2.87. The van der Waals surface area contributed by atoms with Gasteiger partial charge in [-0.05, 0) is 18.8 Å². The third kappa shape index (κ3) is 4.34. The summed E-state index contributed by atoms with van der Waals surface area (Å²) in [6.07, 6.45) is 5.42. The minimum Gasteiger partial charge on any atom is -0.335 e. The standard InChI is InChI=1S/C15H28N4O/c1-5-13(6-2)19(9-12(3)4)15(20)14-10-18(8-7-16)11-17-14/h10-13H,5-9,16H2,1-4H3. The van der Waals surface area contributed by atoms with Gasteiger partial charge in [-0.1, -0.05) is 27.7 Å². The van der Waals surface area contributed by atoms with Crippen LogP contribution in [0.15, 0.2) is 12.5 Å². The van der Waals surface area contributed by atoms with Gasteiger partial charge in [0.1, 0.15) is 5.69 Å².